The van der Waals surface area contributed by atoms with E-state index < -0.39 is 5.97 Å². The zero-order valence-corrected chi connectivity index (χ0v) is 10.3. The Morgan fingerprint density at radius 1 is 1.28 bits per heavy atom. The van der Waals surface area contributed by atoms with Gasteiger partial charge in [-0.15, -0.1) is 0 Å². The molecular formula is C14H18FNO2. The molecule has 0 atom stereocenters. The first-order chi connectivity index (χ1) is 8.65. The molecule has 1 aromatic rings. The van der Waals surface area contributed by atoms with Crippen LogP contribution in [0, 0.1) is 5.82 Å². The Bertz CT molecular complexity index is 401. The lowest BCUT2D eigenvalue weighted by atomic mass is 10.1. The topological polar surface area (TPSA) is 40.5 Å². The molecule has 0 spiro atoms. The summed E-state index contributed by atoms with van der Waals surface area (Å²) in [6, 6.07) is 7.07. The van der Waals surface area contributed by atoms with E-state index in [1.807, 2.05) is 0 Å². The average Bonchev–Trinajstić information content (AvgIpc) is 3.15. The molecule has 1 aromatic carbocycles. The lowest BCUT2D eigenvalue weighted by Gasteiger charge is -2.20. The highest BCUT2D eigenvalue weighted by molar-refractivity contribution is 5.66. The largest absolute Gasteiger partial charge is 0.481 e. The van der Waals surface area contributed by atoms with Crippen LogP contribution in [0.15, 0.2) is 24.3 Å². The number of carbonyl (C=O) groups is 1. The van der Waals surface area contributed by atoms with Crippen molar-refractivity contribution in [2.75, 3.05) is 13.1 Å². The third-order valence-electron chi connectivity index (χ3n) is 3.28. The highest BCUT2D eigenvalue weighted by atomic mass is 19.1. The maximum absolute atomic E-state index is 12.8. The number of rotatable bonds is 7. The summed E-state index contributed by atoms with van der Waals surface area (Å²) in [6.45, 7) is 1.46. The number of carboxylic acid groups (broad SMARTS) is 1. The van der Waals surface area contributed by atoms with Gasteiger partial charge in [-0.25, -0.2) is 4.39 Å². The van der Waals surface area contributed by atoms with Crippen LogP contribution in [0.5, 0.6) is 0 Å². The quantitative estimate of drug-likeness (QED) is 0.808. The summed E-state index contributed by atoms with van der Waals surface area (Å²) in [4.78, 5) is 12.8. The van der Waals surface area contributed by atoms with Crippen molar-refractivity contribution in [2.45, 2.75) is 31.7 Å². The first-order valence-corrected chi connectivity index (χ1v) is 6.35. The van der Waals surface area contributed by atoms with Gasteiger partial charge in [0.25, 0.3) is 0 Å². The molecule has 0 radical (unpaired) electrons. The fourth-order valence-corrected chi connectivity index (χ4v) is 2.08. The maximum atomic E-state index is 12.8. The molecule has 98 valence electrons. The second-order valence-electron chi connectivity index (χ2n) is 4.79. The molecule has 1 aliphatic rings. The molecule has 1 aliphatic carbocycles. The number of aliphatic carboxylic acids is 1. The lowest BCUT2D eigenvalue weighted by Crippen LogP contribution is -2.30. The van der Waals surface area contributed by atoms with Gasteiger partial charge in [0.05, 0.1) is 6.42 Å². The van der Waals surface area contributed by atoms with Gasteiger partial charge >= 0.3 is 5.97 Å². The Balaban J connectivity index is 1.81. The SMILES string of the molecule is O=C(O)CCN(CCc1ccc(F)cc1)C1CC1. The molecule has 0 bridgehead atoms. The van der Waals surface area contributed by atoms with Gasteiger partial charge in [-0.2, -0.15) is 0 Å². The van der Waals surface area contributed by atoms with Crippen LogP contribution in [0.4, 0.5) is 4.39 Å². The van der Waals surface area contributed by atoms with Crippen LogP contribution in [0.1, 0.15) is 24.8 Å². The summed E-state index contributed by atoms with van der Waals surface area (Å²) < 4.78 is 12.8. The molecule has 18 heavy (non-hydrogen) atoms. The van der Waals surface area contributed by atoms with Crippen molar-refractivity contribution >= 4 is 5.97 Å². The fraction of sp³-hybridized carbons (Fsp3) is 0.500. The van der Waals surface area contributed by atoms with E-state index in [1.54, 1.807) is 12.1 Å². The van der Waals surface area contributed by atoms with Crippen molar-refractivity contribution in [1.82, 2.24) is 4.90 Å². The van der Waals surface area contributed by atoms with Gasteiger partial charge in [0.2, 0.25) is 0 Å². The minimum atomic E-state index is -0.748. The first-order valence-electron chi connectivity index (χ1n) is 6.35. The number of nitrogens with zero attached hydrogens (tertiary/aromatic N) is 1. The highest BCUT2D eigenvalue weighted by Gasteiger charge is 2.28. The van der Waals surface area contributed by atoms with Gasteiger partial charge in [0, 0.05) is 19.1 Å². The van der Waals surface area contributed by atoms with E-state index >= 15 is 0 Å². The molecule has 0 heterocycles. The molecule has 0 aliphatic heterocycles. The lowest BCUT2D eigenvalue weighted by molar-refractivity contribution is -0.137. The van der Waals surface area contributed by atoms with Crippen molar-refractivity contribution in [2.24, 2.45) is 0 Å². The van der Waals surface area contributed by atoms with Crippen LogP contribution in [-0.4, -0.2) is 35.1 Å². The average molecular weight is 251 g/mol. The standard InChI is InChI=1S/C14H18FNO2/c15-12-3-1-11(2-4-12)7-9-16(13-5-6-13)10-8-14(17)18/h1-4,13H,5-10H2,(H,17,18). The Morgan fingerprint density at radius 3 is 2.50 bits per heavy atom. The van der Waals surface area contributed by atoms with E-state index in [0.717, 1.165) is 18.5 Å². The molecule has 1 saturated carbocycles. The van der Waals surface area contributed by atoms with Gasteiger partial charge in [0.15, 0.2) is 0 Å². The smallest absolute Gasteiger partial charge is 0.304 e. The first kappa shape index (κ1) is 13.0. The van der Waals surface area contributed by atoms with E-state index in [4.69, 9.17) is 5.11 Å². The Labute approximate surface area is 106 Å². The minimum Gasteiger partial charge on any atom is -0.481 e. The molecule has 0 aromatic heterocycles. The monoisotopic (exact) mass is 251 g/mol. The molecule has 1 N–H and O–H groups in total. The Morgan fingerprint density at radius 2 is 1.94 bits per heavy atom. The summed E-state index contributed by atoms with van der Waals surface area (Å²) in [5.41, 5.74) is 1.09. The number of halogens is 1. The van der Waals surface area contributed by atoms with Crippen LogP contribution < -0.4 is 0 Å². The fourth-order valence-electron chi connectivity index (χ4n) is 2.08. The van der Waals surface area contributed by atoms with E-state index in [0.29, 0.717) is 12.6 Å². The van der Waals surface area contributed by atoms with Gasteiger partial charge in [-0.1, -0.05) is 12.1 Å². The summed E-state index contributed by atoms with van der Waals surface area (Å²) in [6.07, 6.45) is 3.38. The molecule has 0 unspecified atom stereocenters. The van der Waals surface area contributed by atoms with Crippen molar-refractivity contribution in [3.05, 3.63) is 35.6 Å². The number of hydrogen-bond donors (Lipinski definition) is 1. The zero-order valence-electron chi connectivity index (χ0n) is 10.3. The number of benzene rings is 1. The van der Waals surface area contributed by atoms with Gasteiger partial charge in [-0.3, -0.25) is 9.69 Å². The van der Waals surface area contributed by atoms with E-state index in [9.17, 15) is 9.18 Å². The van der Waals surface area contributed by atoms with Crippen LogP contribution >= 0.6 is 0 Å². The summed E-state index contributed by atoms with van der Waals surface area (Å²) >= 11 is 0. The van der Waals surface area contributed by atoms with E-state index in [1.165, 1.54) is 25.0 Å². The van der Waals surface area contributed by atoms with Crippen LogP contribution in [0.25, 0.3) is 0 Å². The third kappa shape index (κ3) is 4.11. The molecule has 4 heteroatoms. The van der Waals surface area contributed by atoms with Crippen LogP contribution in [-0.2, 0) is 11.2 Å². The van der Waals surface area contributed by atoms with Gasteiger partial charge in [-0.05, 0) is 37.0 Å². The number of hydrogen-bond acceptors (Lipinski definition) is 2. The Kier molecular flexibility index (Phi) is 4.31. The second kappa shape index (κ2) is 5.96. The van der Waals surface area contributed by atoms with Crippen molar-refractivity contribution in [3.63, 3.8) is 0 Å². The normalized spacial score (nSPS) is 15.0. The predicted octanol–water partition coefficient (Wildman–Crippen LogP) is 2.31. The molecule has 3 nitrogen and oxygen atoms in total. The van der Waals surface area contributed by atoms with Crippen molar-refractivity contribution in [1.29, 1.82) is 0 Å². The predicted molar refractivity (Wildman–Crippen MR) is 67.0 cm³/mol. The molecular weight excluding hydrogens is 233 g/mol. The number of carboxylic acids is 1. The van der Waals surface area contributed by atoms with Crippen molar-refractivity contribution in [3.8, 4) is 0 Å². The third-order valence-corrected chi connectivity index (χ3v) is 3.28. The van der Waals surface area contributed by atoms with E-state index in [-0.39, 0.29) is 12.2 Å². The van der Waals surface area contributed by atoms with Crippen LogP contribution in [0.2, 0.25) is 0 Å². The van der Waals surface area contributed by atoms with E-state index in [2.05, 4.69) is 4.90 Å². The molecule has 1 fully saturated rings. The summed E-state index contributed by atoms with van der Waals surface area (Å²) in [7, 11) is 0. The second-order valence-corrected chi connectivity index (χ2v) is 4.79. The molecule has 0 amide bonds. The molecule has 2 rings (SSSR count). The summed E-state index contributed by atoms with van der Waals surface area (Å²) in [5, 5.41) is 8.71. The van der Waals surface area contributed by atoms with Crippen LogP contribution in [0.3, 0.4) is 0 Å². The summed E-state index contributed by atoms with van der Waals surface area (Å²) in [5.74, 6) is -0.967. The van der Waals surface area contributed by atoms with Gasteiger partial charge < -0.3 is 5.11 Å². The van der Waals surface area contributed by atoms with Crippen molar-refractivity contribution < 1.29 is 14.3 Å². The maximum Gasteiger partial charge on any atom is 0.304 e. The molecule has 0 saturated heterocycles. The minimum absolute atomic E-state index is 0.194. The zero-order chi connectivity index (χ0) is 13.0. The highest BCUT2D eigenvalue weighted by Crippen LogP contribution is 2.27. The van der Waals surface area contributed by atoms with Gasteiger partial charge in [0.1, 0.15) is 5.82 Å². The Hall–Kier alpha value is -1.42.